The molecule has 0 aromatic rings. The van der Waals surface area contributed by atoms with Gasteiger partial charge in [0.2, 0.25) is 0 Å². The number of carbonyl (C=O) groups excluding carboxylic acids is 3. The Hall–Kier alpha value is -1.91. The Bertz CT molecular complexity index is 803. The van der Waals surface area contributed by atoms with Crippen LogP contribution in [0.2, 0.25) is 0 Å². The fraction of sp³-hybridized carbons (Fsp3) is 0.667. The number of hydrogen-bond acceptors (Lipinski definition) is 5. The van der Waals surface area contributed by atoms with Crippen LogP contribution in [0.4, 0.5) is 0 Å². The van der Waals surface area contributed by atoms with Crippen LogP contribution in [-0.4, -0.2) is 27.6 Å². The number of carbonyl (C=O) groups is 3. The monoisotopic (exact) mass is 358 g/mol. The van der Waals surface area contributed by atoms with Gasteiger partial charge in [-0.15, -0.1) is 0 Å². The van der Waals surface area contributed by atoms with Crippen molar-refractivity contribution < 1.29 is 24.6 Å². The summed E-state index contributed by atoms with van der Waals surface area (Å²) in [6.07, 6.45) is 3.42. The van der Waals surface area contributed by atoms with Gasteiger partial charge in [0.15, 0.2) is 17.3 Å². The number of aliphatic hydroxyl groups is 2. The van der Waals surface area contributed by atoms with E-state index in [0.29, 0.717) is 31.3 Å². The Labute approximate surface area is 153 Å². The number of rotatable bonds is 1. The average molecular weight is 358 g/mol. The maximum absolute atomic E-state index is 13.3. The first-order valence-corrected chi connectivity index (χ1v) is 9.54. The third kappa shape index (κ3) is 2.00. The zero-order chi connectivity index (χ0) is 19.0. The molecule has 140 valence electrons. The third-order valence-electron chi connectivity index (χ3n) is 7.75. The van der Waals surface area contributed by atoms with E-state index in [1.807, 2.05) is 0 Å². The zero-order valence-electron chi connectivity index (χ0n) is 15.6. The Balaban J connectivity index is 1.82. The van der Waals surface area contributed by atoms with Gasteiger partial charge in [0, 0.05) is 30.6 Å². The van der Waals surface area contributed by atoms with E-state index in [0.717, 1.165) is 6.42 Å². The minimum Gasteiger partial charge on any atom is -0.504 e. The molecule has 0 bridgehead atoms. The van der Waals surface area contributed by atoms with Gasteiger partial charge in [0.1, 0.15) is 11.6 Å². The normalized spacial score (nSPS) is 42.5. The molecule has 0 radical (unpaired) electrons. The molecule has 0 heterocycles. The minimum atomic E-state index is -0.911. The first-order chi connectivity index (χ1) is 12.1. The fourth-order valence-electron chi connectivity index (χ4n) is 6.66. The number of aliphatic hydroxyl groups excluding tert-OH is 2. The largest absolute Gasteiger partial charge is 0.504 e. The second-order valence-corrected chi connectivity index (χ2v) is 9.12. The topological polar surface area (TPSA) is 91.7 Å². The quantitative estimate of drug-likeness (QED) is 0.747. The smallest absolute Gasteiger partial charge is 0.165 e. The summed E-state index contributed by atoms with van der Waals surface area (Å²) in [5.41, 5.74) is -0.326. The van der Waals surface area contributed by atoms with E-state index in [1.165, 1.54) is 6.92 Å². The second kappa shape index (κ2) is 5.30. The lowest BCUT2D eigenvalue weighted by atomic mass is 9.45. The molecular formula is C21H26O5. The molecule has 0 aromatic carbocycles. The van der Waals surface area contributed by atoms with Crippen LogP contribution in [0, 0.1) is 28.6 Å². The van der Waals surface area contributed by atoms with Crippen LogP contribution in [0.25, 0.3) is 0 Å². The van der Waals surface area contributed by atoms with Gasteiger partial charge >= 0.3 is 0 Å². The Kier molecular flexibility index (Phi) is 3.57. The highest BCUT2D eigenvalue weighted by Crippen LogP contribution is 2.65. The van der Waals surface area contributed by atoms with Crippen molar-refractivity contribution in [3.05, 3.63) is 22.7 Å². The summed E-state index contributed by atoms with van der Waals surface area (Å²) in [6.45, 7) is 5.28. The van der Waals surface area contributed by atoms with Crippen molar-refractivity contribution in [1.29, 1.82) is 0 Å². The molecule has 3 fully saturated rings. The van der Waals surface area contributed by atoms with E-state index in [-0.39, 0.29) is 64.0 Å². The molecule has 3 saturated carbocycles. The third-order valence-corrected chi connectivity index (χ3v) is 7.75. The summed E-state index contributed by atoms with van der Waals surface area (Å²) >= 11 is 0. The molecule has 0 spiro atoms. The summed E-state index contributed by atoms with van der Waals surface area (Å²) in [7, 11) is 0. The van der Waals surface area contributed by atoms with Crippen molar-refractivity contribution in [2.75, 3.05) is 0 Å². The maximum atomic E-state index is 13.3. The summed E-state index contributed by atoms with van der Waals surface area (Å²) in [5, 5.41) is 21.1. The van der Waals surface area contributed by atoms with Crippen LogP contribution in [0.1, 0.15) is 59.3 Å². The fourth-order valence-corrected chi connectivity index (χ4v) is 6.66. The Morgan fingerprint density at radius 3 is 2.46 bits per heavy atom. The predicted octanol–water partition coefficient (Wildman–Crippen LogP) is 3.59. The molecule has 26 heavy (non-hydrogen) atoms. The van der Waals surface area contributed by atoms with Crippen molar-refractivity contribution in [2.24, 2.45) is 28.6 Å². The molecule has 5 heteroatoms. The van der Waals surface area contributed by atoms with Crippen LogP contribution in [0.15, 0.2) is 22.7 Å². The number of allylic oxidation sites excluding steroid dienone is 2. The van der Waals surface area contributed by atoms with E-state index >= 15 is 0 Å². The molecule has 4 aliphatic carbocycles. The highest BCUT2D eigenvalue weighted by atomic mass is 16.3. The lowest BCUT2D eigenvalue weighted by Gasteiger charge is -2.57. The van der Waals surface area contributed by atoms with Crippen LogP contribution in [0.5, 0.6) is 0 Å². The Morgan fingerprint density at radius 1 is 1.12 bits per heavy atom. The average Bonchev–Trinajstić information content (AvgIpc) is 2.73. The van der Waals surface area contributed by atoms with Gasteiger partial charge in [-0.3, -0.25) is 14.4 Å². The molecule has 0 aliphatic heterocycles. The van der Waals surface area contributed by atoms with Crippen LogP contribution >= 0.6 is 0 Å². The number of ketones is 3. The van der Waals surface area contributed by atoms with E-state index in [4.69, 9.17) is 0 Å². The van der Waals surface area contributed by atoms with E-state index < -0.39 is 5.41 Å². The van der Waals surface area contributed by atoms with Crippen molar-refractivity contribution in [2.45, 2.75) is 59.3 Å². The lowest BCUT2D eigenvalue weighted by Crippen LogP contribution is -2.55. The lowest BCUT2D eigenvalue weighted by molar-refractivity contribution is -0.147. The molecule has 5 nitrogen and oxygen atoms in total. The Morgan fingerprint density at radius 2 is 1.81 bits per heavy atom. The minimum absolute atomic E-state index is 0.101. The van der Waals surface area contributed by atoms with Gasteiger partial charge in [-0.05, 0) is 49.0 Å². The standard InChI is InChI=1S/C21H26O5/c1-10(22)15-18(25)19(26)17-13-5-4-11-8-12(23)6-7-20(11,2)16(13)14(24)9-21(15,17)3/h11,13,16,25-26H,4-9H2,1-3H3/t11?,13-,16-,20+,21-/m1/s1. The summed E-state index contributed by atoms with van der Waals surface area (Å²) < 4.78 is 0. The highest BCUT2D eigenvalue weighted by Gasteiger charge is 2.62. The van der Waals surface area contributed by atoms with E-state index in [9.17, 15) is 24.6 Å². The molecule has 0 aromatic heterocycles. The zero-order valence-corrected chi connectivity index (χ0v) is 15.6. The SMILES string of the molecule is CC(=O)C1=C(O)C(O)=C2[C@@H]3CCC4CC(=O)CC[C@]4(C)[C@H]3C(=O)C[C@]12C. The molecule has 0 saturated heterocycles. The molecule has 2 N–H and O–H groups in total. The van der Waals surface area contributed by atoms with Crippen LogP contribution in [-0.2, 0) is 14.4 Å². The first kappa shape index (κ1) is 17.5. The summed E-state index contributed by atoms with van der Waals surface area (Å²) in [5.74, 6) is -0.696. The van der Waals surface area contributed by atoms with Gasteiger partial charge in [0.25, 0.3) is 0 Å². The molecule has 4 aliphatic rings. The number of hydrogen-bond donors (Lipinski definition) is 2. The van der Waals surface area contributed by atoms with Crippen molar-refractivity contribution in [1.82, 2.24) is 0 Å². The van der Waals surface area contributed by atoms with E-state index in [1.54, 1.807) is 6.92 Å². The molecule has 4 rings (SSSR count). The number of Topliss-reactive ketones (excluding diaryl/α,β-unsaturated/α-hetero) is 3. The van der Waals surface area contributed by atoms with Crippen molar-refractivity contribution in [3.8, 4) is 0 Å². The summed E-state index contributed by atoms with van der Waals surface area (Å²) in [4.78, 5) is 37.4. The molecular weight excluding hydrogens is 332 g/mol. The molecule has 1 unspecified atom stereocenters. The van der Waals surface area contributed by atoms with E-state index in [2.05, 4.69) is 6.92 Å². The van der Waals surface area contributed by atoms with Gasteiger partial charge < -0.3 is 10.2 Å². The molecule has 0 amide bonds. The van der Waals surface area contributed by atoms with Crippen molar-refractivity contribution in [3.63, 3.8) is 0 Å². The van der Waals surface area contributed by atoms with Gasteiger partial charge in [0.05, 0.1) is 5.57 Å². The summed E-state index contributed by atoms with van der Waals surface area (Å²) in [6, 6.07) is 0. The van der Waals surface area contributed by atoms with Gasteiger partial charge in [-0.2, -0.15) is 0 Å². The second-order valence-electron chi connectivity index (χ2n) is 9.12. The van der Waals surface area contributed by atoms with Gasteiger partial charge in [-0.25, -0.2) is 0 Å². The van der Waals surface area contributed by atoms with Gasteiger partial charge in [-0.1, -0.05) is 13.8 Å². The van der Waals surface area contributed by atoms with Crippen LogP contribution < -0.4 is 0 Å². The predicted molar refractivity (Wildman–Crippen MR) is 94.4 cm³/mol. The molecule has 5 atom stereocenters. The van der Waals surface area contributed by atoms with Crippen LogP contribution in [0.3, 0.4) is 0 Å². The number of fused-ring (bicyclic) bond motifs is 5. The first-order valence-electron chi connectivity index (χ1n) is 9.54. The van der Waals surface area contributed by atoms with Crippen molar-refractivity contribution >= 4 is 17.3 Å². The maximum Gasteiger partial charge on any atom is 0.165 e. The highest BCUT2D eigenvalue weighted by molar-refractivity contribution is 6.00.